The third-order valence-electron chi connectivity index (χ3n) is 1.17. The molecule has 0 radical (unpaired) electrons. The molecule has 0 fully saturated rings. The van der Waals surface area contributed by atoms with Gasteiger partial charge in [-0.1, -0.05) is 0 Å². The Kier molecular flexibility index (Phi) is 9.18. The predicted octanol–water partition coefficient (Wildman–Crippen LogP) is -2.32. The zero-order valence-electron chi connectivity index (χ0n) is 8.19. The number of hydrogen-bond acceptors (Lipinski definition) is 6. The van der Waals surface area contributed by atoms with Crippen molar-refractivity contribution in [3.63, 3.8) is 0 Å². The van der Waals surface area contributed by atoms with E-state index in [1.807, 2.05) is 0 Å². The summed E-state index contributed by atoms with van der Waals surface area (Å²) in [5.74, 6) is 0. The Bertz CT molecular complexity index is 116. The molecule has 0 heterocycles. The van der Waals surface area contributed by atoms with E-state index in [-0.39, 0.29) is 0 Å². The summed E-state index contributed by atoms with van der Waals surface area (Å²) < 4.78 is 9.40. The van der Waals surface area contributed by atoms with E-state index in [0.29, 0.717) is 39.3 Å². The van der Waals surface area contributed by atoms with E-state index < -0.39 is 12.4 Å². The summed E-state index contributed by atoms with van der Waals surface area (Å²) in [6.45, 7) is 3.61. The third-order valence-corrected chi connectivity index (χ3v) is 4.57. The molecular weight excluding hydrogens is 250 g/mol. The summed E-state index contributed by atoms with van der Waals surface area (Å²) in [6.07, 6.45) is 0. The molecule has 14 heavy (non-hydrogen) atoms. The van der Waals surface area contributed by atoms with E-state index >= 15 is 0 Å². The van der Waals surface area contributed by atoms with Gasteiger partial charge in [-0.15, -0.1) is 0 Å². The molecule has 0 bridgehead atoms. The van der Waals surface area contributed by atoms with Gasteiger partial charge in [-0.25, -0.2) is 0 Å². The van der Waals surface area contributed by atoms with Crippen molar-refractivity contribution in [1.82, 2.24) is 13.1 Å². The van der Waals surface area contributed by atoms with E-state index in [9.17, 15) is 0 Å². The van der Waals surface area contributed by atoms with Crippen LogP contribution < -0.4 is 30.3 Å². The molecule has 91 valence electrons. The first-order valence-corrected chi connectivity index (χ1v) is 7.41. The average molecular weight is 272 g/mol. The van der Waals surface area contributed by atoms with Crippen LogP contribution in [0.15, 0.2) is 0 Å². The van der Waals surface area contributed by atoms with Crippen LogP contribution in [0.1, 0.15) is 0 Å². The molecule has 0 amide bonds. The van der Waals surface area contributed by atoms with Crippen molar-refractivity contribution in [3.8, 4) is 0 Å². The Morgan fingerprint density at radius 3 is 1.29 bits per heavy atom. The maximum absolute atomic E-state index is 6.28. The average Bonchev–Trinajstić information content (AvgIpc) is 2.21. The Morgan fingerprint density at radius 2 is 1.07 bits per heavy atom. The molecule has 0 aromatic rings. The van der Waals surface area contributed by atoms with Gasteiger partial charge in [-0.2, -0.15) is 0 Å². The van der Waals surface area contributed by atoms with E-state index in [1.54, 1.807) is 0 Å². The van der Waals surface area contributed by atoms with Crippen molar-refractivity contribution in [3.05, 3.63) is 0 Å². The molecule has 0 rings (SSSR count). The quantitative estimate of drug-likeness (QED) is 0.281. The molecule has 8 heteroatoms. The van der Waals surface area contributed by atoms with Crippen molar-refractivity contribution in [2.45, 2.75) is 0 Å². The topological polar surface area (TPSA) is 114 Å². The van der Waals surface area contributed by atoms with Gasteiger partial charge < -0.3 is 0 Å². The van der Waals surface area contributed by atoms with Gasteiger partial charge in [0.1, 0.15) is 0 Å². The van der Waals surface area contributed by atoms with Crippen LogP contribution in [-0.4, -0.2) is 39.3 Å². The standard InChI is InChI=1S/3C2H7N2.ClH.Co/c3*3-1-2-4;;/h3*3H,1-2,4H2;1H;/q3*-1;;+4/p-1. The number of halogens is 1. The molecule has 0 saturated carbocycles. The second-order valence-corrected chi connectivity index (χ2v) is 6.44. The summed E-state index contributed by atoms with van der Waals surface area (Å²) in [5, 5.41) is 0. The molecule has 0 unspecified atom stereocenters. The Hall–Kier alpha value is 0.556. The first-order valence-electron chi connectivity index (χ1n) is 4.41. The molecule has 0 aromatic heterocycles. The molecule has 6 nitrogen and oxygen atoms in total. The van der Waals surface area contributed by atoms with E-state index in [4.69, 9.17) is 27.3 Å². The molecule has 0 aliphatic heterocycles. The van der Waals surface area contributed by atoms with Crippen LogP contribution in [0, 0.1) is 0 Å². The number of hydrogen-bond donors (Lipinski definition) is 6. The molecule has 0 spiro atoms. The summed E-state index contributed by atoms with van der Waals surface area (Å²) >= 11 is -2.02. The first kappa shape index (κ1) is 14.6. The van der Waals surface area contributed by atoms with Gasteiger partial charge in [-0.05, 0) is 0 Å². The second kappa shape index (κ2) is 8.83. The van der Waals surface area contributed by atoms with Crippen LogP contribution >= 0.6 is 10.1 Å². The molecule has 0 aromatic carbocycles. The summed E-state index contributed by atoms with van der Waals surface area (Å²) in [6, 6.07) is 0. The molecule has 0 atom stereocenters. The molecule has 0 aliphatic rings. The van der Waals surface area contributed by atoms with Crippen LogP contribution in [0.2, 0.25) is 0 Å². The summed E-state index contributed by atoms with van der Waals surface area (Å²) in [4.78, 5) is 0. The van der Waals surface area contributed by atoms with E-state index in [0.717, 1.165) is 0 Å². The van der Waals surface area contributed by atoms with Gasteiger partial charge in [0, 0.05) is 0 Å². The van der Waals surface area contributed by atoms with Gasteiger partial charge in [0.05, 0.1) is 0 Å². The molecular formula is C6H21ClCoN6. The number of nitrogens with two attached hydrogens (primary N) is 3. The SMILES string of the molecule is NCC[NH][Co]([Cl])([NH]CCN)[NH]CCN. The fourth-order valence-corrected chi connectivity index (χ4v) is 3.31. The predicted molar refractivity (Wildman–Crippen MR) is 57.0 cm³/mol. The minimum atomic E-state index is -2.02. The van der Waals surface area contributed by atoms with Crippen molar-refractivity contribution < 1.29 is 12.4 Å². The number of rotatable bonds is 9. The van der Waals surface area contributed by atoms with Crippen molar-refractivity contribution in [2.75, 3.05) is 39.3 Å². The second-order valence-electron chi connectivity index (χ2n) is 2.41. The van der Waals surface area contributed by atoms with Gasteiger partial charge >= 0.3 is 92.1 Å². The van der Waals surface area contributed by atoms with Crippen LogP contribution in [0.3, 0.4) is 0 Å². The van der Waals surface area contributed by atoms with Crippen molar-refractivity contribution in [2.24, 2.45) is 17.2 Å². The monoisotopic (exact) mass is 271 g/mol. The van der Waals surface area contributed by atoms with E-state index in [2.05, 4.69) is 13.1 Å². The zero-order chi connectivity index (χ0) is 10.9. The summed E-state index contributed by atoms with van der Waals surface area (Å²) in [7, 11) is 6.28. The van der Waals surface area contributed by atoms with Gasteiger partial charge in [0.15, 0.2) is 0 Å². The minimum absolute atomic E-state index is 0.544. The molecule has 0 aliphatic carbocycles. The Balaban J connectivity index is 3.89. The molecule has 9 N–H and O–H groups in total. The van der Waals surface area contributed by atoms with Crippen LogP contribution in [0.5, 0.6) is 0 Å². The fraction of sp³-hybridized carbons (Fsp3) is 1.00. The van der Waals surface area contributed by atoms with Gasteiger partial charge in [-0.3, -0.25) is 0 Å². The molecule has 0 saturated heterocycles. The van der Waals surface area contributed by atoms with Gasteiger partial charge in [0.2, 0.25) is 0 Å². The van der Waals surface area contributed by atoms with Crippen LogP contribution in [0.4, 0.5) is 0 Å². The van der Waals surface area contributed by atoms with Crippen molar-refractivity contribution >= 4 is 10.1 Å². The first-order chi connectivity index (χ1) is 6.68. The Morgan fingerprint density at radius 1 is 0.786 bits per heavy atom. The normalized spacial score (nSPS) is 13.1. The van der Waals surface area contributed by atoms with Gasteiger partial charge in [0.25, 0.3) is 0 Å². The summed E-state index contributed by atoms with van der Waals surface area (Å²) in [5.41, 5.74) is 16.2. The fourth-order valence-electron chi connectivity index (χ4n) is 0.614. The third kappa shape index (κ3) is 6.93. The van der Waals surface area contributed by atoms with Crippen LogP contribution in [0.25, 0.3) is 0 Å². The van der Waals surface area contributed by atoms with Crippen LogP contribution in [-0.2, 0) is 12.4 Å². The Labute approximate surface area is 92.3 Å². The number of nitrogens with one attached hydrogen (secondary N) is 3. The zero-order valence-corrected chi connectivity index (χ0v) is 9.98. The van der Waals surface area contributed by atoms with Crippen molar-refractivity contribution in [1.29, 1.82) is 0 Å². The maximum atomic E-state index is 6.28. The van der Waals surface area contributed by atoms with E-state index in [1.165, 1.54) is 0 Å².